The lowest BCUT2D eigenvalue weighted by Crippen LogP contribution is -2.31. The van der Waals surface area contributed by atoms with E-state index in [-0.39, 0.29) is 5.91 Å². The number of unbranched alkanes of at least 4 members (excludes halogenated alkanes) is 1. The molecular formula is C16H21N3O2. The van der Waals surface area contributed by atoms with Gasteiger partial charge in [-0.15, -0.1) is 0 Å². The molecule has 21 heavy (non-hydrogen) atoms. The van der Waals surface area contributed by atoms with Gasteiger partial charge in [-0.05, 0) is 24.6 Å². The van der Waals surface area contributed by atoms with Gasteiger partial charge in [0.2, 0.25) is 0 Å². The highest BCUT2D eigenvalue weighted by molar-refractivity contribution is 5.94. The number of nitrogens with two attached hydrogens (primary N) is 1. The van der Waals surface area contributed by atoms with Gasteiger partial charge in [0.1, 0.15) is 5.76 Å². The molecule has 0 aliphatic heterocycles. The SMILES string of the molecule is CCCCN(Cc1occc1C(=O)NN)c1ccccc1. The number of hydrogen-bond acceptors (Lipinski definition) is 4. The molecule has 112 valence electrons. The molecule has 0 saturated heterocycles. The summed E-state index contributed by atoms with van der Waals surface area (Å²) < 4.78 is 5.46. The molecule has 1 aromatic carbocycles. The minimum absolute atomic E-state index is 0.331. The van der Waals surface area contributed by atoms with E-state index in [0.29, 0.717) is 17.9 Å². The maximum atomic E-state index is 11.7. The van der Waals surface area contributed by atoms with Crippen LogP contribution in [-0.4, -0.2) is 12.5 Å². The maximum Gasteiger partial charge on any atom is 0.268 e. The lowest BCUT2D eigenvalue weighted by atomic mass is 10.2. The van der Waals surface area contributed by atoms with Gasteiger partial charge in [0.15, 0.2) is 0 Å². The van der Waals surface area contributed by atoms with Crippen LogP contribution in [0, 0.1) is 0 Å². The van der Waals surface area contributed by atoms with Crippen LogP contribution in [0.25, 0.3) is 0 Å². The summed E-state index contributed by atoms with van der Waals surface area (Å²) in [5.74, 6) is 5.49. The number of benzene rings is 1. The number of para-hydroxylation sites is 1. The summed E-state index contributed by atoms with van der Waals surface area (Å²) in [4.78, 5) is 13.9. The van der Waals surface area contributed by atoms with Crippen molar-refractivity contribution in [3.8, 4) is 0 Å². The van der Waals surface area contributed by atoms with Crippen LogP contribution >= 0.6 is 0 Å². The summed E-state index contributed by atoms with van der Waals surface area (Å²) in [6.07, 6.45) is 3.70. The number of carbonyl (C=O) groups is 1. The predicted molar refractivity (Wildman–Crippen MR) is 82.8 cm³/mol. The number of nitrogens with one attached hydrogen (secondary N) is 1. The van der Waals surface area contributed by atoms with Crippen molar-refractivity contribution in [2.24, 2.45) is 5.84 Å². The van der Waals surface area contributed by atoms with Gasteiger partial charge in [-0.2, -0.15) is 0 Å². The van der Waals surface area contributed by atoms with Crippen LogP contribution < -0.4 is 16.2 Å². The van der Waals surface area contributed by atoms with Crippen molar-refractivity contribution >= 4 is 11.6 Å². The van der Waals surface area contributed by atoms with Crippen LogP contribution in [-0.2, 0) is 6.54 Å². The molecule has 5 heteroatoms. The molecule has 5 nitrogen and oxygen atoms in total. The smallest absolute Gasteiger partial charge is 0.268 e. The highest BCUT2D eigenvalue weighted by Crippen LogP contribution is 2.20. The number of nitrogen functional groups attached to an aromatic ring is 1. The largest absolute Gasteiger partial charge is 0.467 e. The Bertz CT molecular complexity index is 566. The Morgan fingerprint density at radius 3 is 2.71 bits per heavy atom. The zero-order valence-corrected chi connectivity index (χ0v) is 12.2. The summed E-state index contributed by atoms with van der Waals surface area (Å²) in [6.45, 7) is 3.61. The van der Waals surface area contributed by atoms with Gasteiger partial charge in [-0.25, -0.2) is 5.84 Å². The van der Waals surface area contributed by atoms with Crippen molar-refractivity contribution < 1.29 is 9.21 Å². The molecule has 0 saturated carbocycles. The first-order chi connectivity index (χ1) is 10.3. The molecule has 0 spiro atoms. The second-order valence-corrected chi connectivity index (χ2v) is 4.84. The average molecular weight is 287 g/mol. The lowest BCUT2D eigenvalue weighted by Gasteiger charge is -2.24. The third kappa shape index (κ3) is 3.86. The third-order valence-electron chi connectivity index (χ3n) is 3.36. The van der Waals surface area contributed by atoms with Crippen molar-refractivity contribution in [2.45, 2.75) is 26.3 Å². The quantitative estimate of drug-likeness (QED) is 0.466. The van der Waals surface area contributed by atoms with E-state index in [9.17, 15) is 4.79 Å². The fraction of sp³-hybridized carbons (Fsp3) is 0.312. The average Bonchev–Trinajstić information content (AvgIpc) is 2.99. The van der Waals surface area contributed by atoms with Crippen LogP contribution in [0.4, 0.5) is 5.69 Å². The summed E-state index contributed by atoms with van der Waals surface area (Å²) in [5.41, 5.74) is 3.74. The second-order valence-electron chi connectivity index (χ2n) is 4.84. The number of anilines is 1. The summed E-state index contributed by atoms with van der Waals surface area (Å²) in [7, 11) is 0. The van der Waals surface area contributed by atoms with E-state index in [1.807, 2.05) is 18.2 Å². The van der Waals surface area contributed by atoms with E-state index in [0.717, 1.165) is 25.1 Å². The maximum absolute atomic E-state index is 11.7. The van der Waals surface area contributed by atoms with Gasteiger partial charge in [0.25, 0.3) is 5.91 Å². The minimum Gasteiger partial charge on any atom is -0.467 e. The number of carbonyl (C=O) groups excluding carboxylic acids is 1. The first-order valence-electron chi connectivity index (χ1n) is 7.13. The first-order valence-corrected chi connectivity index (χ1v) is 7.13. The molecule has 1 aromatic heterocycles. The van der Waals surface area contributed by atoms with Crippen molar-refractivity contribution in [3.05, 3.63) is 54.0 Å². The normalized spacial score (nSPS) is 10.4. The molecule has 0 radical (unpaired) electrons. The fourth-order valence-electron chi connectivity index (χ4n) is 2.20. The van der Waals surface area contributed by atoms with Crippen LogP contribution in [0.5, 0.6) is 0 Å². The number of hydrogen-bond donors (Lipinski definition) is 2. The molecule has 0 bridgehead atoms. The van der Waals surface area contributed by atoms with Crippen LogP contribution in [0.2, 0.25) is 0 Å². The van der Waals surface area contributed by atoms with E-state index >= 15 is 0 Å². The Morgan fingerprint density at radius 2 is 2.05 bits per heavy atom. The van der Waals surface area contributed by atoms with Crippen molar-refractivity contribution in [2.75, 3.05) is 11.4 Å². The molecule has 0 aliphatic carbocycles. The molecule has 1 heterocycles. The standard InChI is InChI=1S/C16H21N3O2/c1-2-3-10-19(13-7-5-4-6-8-13)12-15-14(9-11-21-15)16(20)18-17/h4-9,11H,2-3,10,12,17H2,1H3,(H,18,20). The van der Waals surface area contributed by atoms with Crippen LogP contribution in [0.15, 0.2) is 47.1 Å². The Kier molecular flexibility index (Phi) is 5.40. The van der Waals surface area contributed by atoms with Crippen molar-refractivity contribution in [1.82, 2.24) is 5.43 Å². The van der Waals surface area contributed by atoms with Crippen LogP contribution in [0.3, 0.4) is 0 Å². The number of amides is 1. The summed E-state index contributed by atoms with van der Waals surface area (Å²) in [5, 5.41) is 0. The predicted octanol–water partition coefficient (Wildman–Crippen LogP) is 2.69. The highest BCUT2D eigenvalue weighted by Gasteiger charge is 2.17. The molecule has 2 aromatic rings. The number of furan rings is 1. The minimum atomic E-state index is -0.331. The third-order valence-corrected chi connectivity index (χ3v) is 3.36. The molecule has 2 rings (SSSR count). The Morgan fingerprint density at radius 1 is 1.29 bits per heavy atom. The van der Waals surface area contributed by atoms with Gasteiger partial charge in [-0.3, -0.25) is 10.2 Å². The zero-order valence-electron chi connectivity index (χ0n) is 12.2. The molecular weight excluding hydrogens is 266 g/mol. The Balaban J connectivity index is 2.19. The van der Waals surface area contributed by atoms with Gasteiger partial charge >= 0.3 is 0 Å². The molecule has 0 fully saturated rings. The highest BCUT2D eigenvalue weighted by atomic mass is 16.3. The number of hydrazine groups is 1. The van der Waals surface area contributed by atoms with E-state index < -0.39 is 0 Å². The van der Waals surface area contributed by atoms with Crippen LogP contribution in [0.1, 0.15) is 35.9 Å². The molecule has 3 N–H and O–H groups in total. The monoisotopic (exact) mass is 287 g/mol. The molecule has 0 atom stereocenters. The molecule has 1 amide bonds. The van der Waals surface area contributed by atoms with Gasteiger partial charge in [-0.1, -0.05) is 31.5 Å². The molecule has 0 unspecified atom stereocenters. The van der Waals surface area contributed by atoms with Gasteiger partial charge < -0.3 is 9.32 Å². The zero-order chi connectivity index (χ0) is 15.1. The summed E-state index contributed by atoms with van der Waals surface area (Å²) in [6, 6.07) is 11.7. The summed E-state index contributed by atoms with van der Waals surface area (Å²) >= 11 is 0. The van der Waals surface area contributed by atoms with E-state index in [1.54, 1.807) is 6.07 Å². The van der Waals surface area contributed by atoms with E-state index in [4.69, 9.17) is 10.3 Å². The van der Waals surface area contributed by atoms with Gasteiger partial charge in [0, 0.05) is 12.2 Å². The topological polar surface area (TPSA) is 71.5 Å². The van der Waals surface area contributed by atoms with Crippen molar-refractivity contribution in [1.29, 1.82) is 0 Å². The lowest BCUT2D eigenvalue weighted by molar-refractivity contribution is 0.0951. The second kappa shape index (κ2) is 7.50. The fourth-order valence-corrected chi connectivity index (χ4v) is 2.20. The number of rotatable bonds is 7. The van der Waals surface area contributed by atoms with Crippen molar-refractivity contribution in [3.63, 3.8) is 0 Å². The number of nitrogens with zero attached hydrogens (tertiary/aromatic N) is 1. The Hall–Kier alpha value is -2.27. The first kappa shape index (κ1) is 15.1. The Labute approximate surface area is 124 Å². The van der Waals surface area contributed by atoms with E-state index in [2.05, 4.69) is 29.4 Å². The van der Waals surface area contributed by atoms with E-state index in [1.165, 1.54) is 6.26 Å². The van der Waals surface area contributed by atoms with Gasteiger partial charge in [0.05, 0.1) is 18.4 Å². The molecule has 0 aliphatic rings.